The second-order valence-electron chi connectivity index (χ2n) is 16.2. The summed E-state index contributed by atoms with van der Waals surface area (Å²) < 4.78 is 0. The lowest BCUT2D eigenvalue weighted by atomic mass is 9.83. The maximum atomic E-state index is 5.56. The van der Waals surface area contributed by atoms with Crippen LogP contribution < -0.4 is 0 Å². The average molecular weight is 663 g/mol. The van der Waals surface area contributed by atoms with Crippen molar-refractivity contribution in [2.45, 2.75) is 146 Å². The molecule has 0 atom stereocenters. The Morgan fingerprint density at radius 2 is 0.820 bits per heavy atom. The van der Waals surface area contributed by atoms with E-state index in [9.17, 15) is 0 Å². The van der Waals surface area contributed by atoms with Crippen LogP contribution in [0.1, 0.15) is 191 Å². The second kappa shape index (κ2) is 14.4. The Labute approximate surface area is 298 Å². The number of nitrogens with zero attached hydrogens (tertiary/aromatic N) is 2. The summed E-state index contributed by atoms with van der Waals surface area (Å²) in [5.74, 6) is 9.53. The molecule has 4 nitrogen and oxygen atoms in total. The summed E-state index contributed by atoms with van der Waals surface area (Å²) in [6.45, 7) is 0. The summed E-state index contributed by atoms with van der Waals surface area (Å²) in [6, 6.07) is 9.40. The largest absolute Gasteiger partial charge is 0.355 e. The van der Waals surface area contributed by atoms with Crippen LogP contribution in [0.15, 0.2) is 24.3 Å². The van der Waals surface area contributed by atoms with E-state index in [4.69, 9.17) is 9.97 Å². The number of fused-ring (bicyclic) bond motifs is 8. The maximum absolute atomic E-state index is 5.56. The normalized spacial score (nSPS) is 21.0. The molecule has 5 heterocycles. The van der Waals surface area contributed by atoms with Gasteiger partial charge in [0.15, 0.2) is 0 Å². The predicted molar refractivity (Wildman–Crippen MR) is 210 cm³/mol. The molecule has 4 heteroatoms. The van der Waals surface area contributed by atoms with E-state index < -0.39 is 0 Å². The smallest absolute Gasteiger partial charge is 0.0815 e. The molecule has 0 unspecified atom stereocenters. The van der Waals surface area contributed by atoms with E-state index in [2.05, 4.69) is 70.4 Å². The Morgan fingerprint density at radius 3 is 1.44 bits per heavy atom. The zero-order valence-corrected chi connectivity index (χ0v) is 30.0. The fourth-order valence-electron chi connectivity index (χ4n) is 10.3. The van der Waals surface area contributed by atoms with Crippen LogP contribution >= 0.6 is 0 Å². The van der Waals surface area contributed by atoms with E-state index in [0.717, 1.165) is 28.2 Å². The molecule has 0 radical (unpaired) electrons. The standard InChI is InChI=1S/C46H54N4/c1-2-8-16-32(15-7-1)44-38-25-23-36(47-38)35(22-21-31-13-5-3-6-14-31)37-24-26-39(48-37)45(34-19-11-12-20-34)41-28-30-43(50-41)46(33-17-9-4-10-18-33)42-29-27-40(44)49-42/h23-34,47,49H,1-20H2. The molecule has 4 fully saturated rings. The maximum Gasteiger partial charge on any atom is 0.0815 e. The lowest BCUT2D eigenvalue weighted by molar-refractivity contribution is 0.430. The number of nitrogens with one attached hydrogen (secondary N) is 2. The molecule has 6 aliphatic rings. The van der Waals surface area contributed by atoms with Gasteiger partial charge in [0.05, 0.1) is 33.9 Å². The SMILES string of the molecule is C(#CC1CCCCC1)c1c2nc(c(C3CCCC3)c3nc(c(C4CCCCC4)c4ccc([nH]4)c(C4CCCCCC4)c4ccc1[nH]4)C=C3)C=C2. The van der Waals surface area contributed by atoms with E-state index in [1.165, 1.54) is 167 Å². The highest BCUT2D eigenvalue weighted by Crippen LogP contribution is 2.42. The molecule has 0 spiro atoms. The zero-order chi connectivity index (χ0) is 33.3. The van der Waals surface area contributed by atoms with E-state index >= 15 is 0 Å². The van der Waals surface area contributed by atoms with Gasteiger partial charge in [-0.15, -0.1) is 0 Å². The van der Waals surface area contributed by atoms with Crippen molar-refractivity contribution in [1.82, 2.24) is 19.9 Å². The molecule has 4 saturated carbocycles. The predicted octanol–water partition coefficient (Wildman–Crippen LogP) is 12.7. The second-order valence-corrected chi connectivity index (χ2v) is 16.2. The van der Waals surface area contributed by atoms with Crippen LogP contribution in [0.4, 0.5) is 0 Å². The third kappa shape index (κ3) is 6.42. The van der Waals surface area contributed by atoms with Crippen molar-refractivity contribution in [2.75, 3.05) is 0 Å². The van der Waals surface area contributed by atoms with Crippen molar-refractivity contribution in [3.63, 3.8) is 0 Å². The fourth-order valence-corrected chi connectivity index (χ4v) is 10.3. The van der Waals surface area contributed by atoms with Crippen molar-refractivity contribution >= 4 is 46.4 Å². The van der Waals surface area contributed by atoms with Crippen LogP contribution in [0.25, 0.3) is 46.4 Å². The zero-order valence-electron chi connectivity index (χ0n) is 30.0. The molecule has 0 saturated heterocycles. The van der Waals surface area contributed by atoms with E-state index in [1.54, 1.807) is 0 Å². The Kier molecular flexibility index (Phi) is 9.25. The van der Waals surface area contributed by atoms with Crippen LogP contribution in [0, 0.1) is 17.8 Å². The van der Waals surface area contributed by atoms with Gasteiger partial charge in [-0.3, -0.25) is 0 Å². The van der Waals surface area contributed by atoms with Crippen LogP contribution in [0.2, 0.25) is 0 Å². The van der Waals surface area contributed by atoms with E-state index in [0.29, 0.717) is 23.7 Å². The van der Waals surface area contributed by atoms with Gasteiger partial charge in [-0.2, -0.15) is 0 Å². The molecule has 0 amide bonds. The summed E-state index contributed by atoms with van der Waals surface area (Å²) in [5.41, 5.74) is 14.5. The van der Waals surface area contributed by atoms with Gasteiger partial charge >= 0.3 is 0 Å². The number of aromatic amines is 2. The molecule has 50 heavy (non-hydrogen) atoms. The Morgan fingerprint density at radius 1 is 0.420 bits per heavy atom. The molecule has 2 aliphatic heterocycles. The Hall–Kier alpha value is -3.84. The molecule has 0 aromatic carbocycles. The minimum atomic E-state index is 0.480. The summed E-state index contributed by atoms with van der Waals surface area (Å²) >= 11 is 0. The topological polar surface area (TPSA) is 57.4 Å². The van der Waals surface area contributed by atoms with Gasteiger partial charge in [0.1, 0.15) is 0 Å². The van der Waals surface area contributed by atoms with Crippen LogP contribution in [0.5, 0.6) is 0 Å². The summed E-state index contributed by atoms with van der Waals surface area (Å²) in [5, 5.41) is 0. The number of hydrogen-bond acceptors (Lipinski definition) is 2. The molecule has 3 aromatic heterocycles. The van der Waals surface area contributed by atoms with Crippen molar-refractivity contribution in [1.29, 1.82) is 0 Å². The van der Waals surface area contributed by atoms with Crippen LogP contribution in [-0.2, 0) is 0 Å². The Balaban J connectivity index is 1.35. The van der Waals surface area contributed by atoms with Crippen molar-refractivity contribution in [3.8, 4) is 11.8 Å². The first kappa shape index (κ1) is 32.1. The fraction of sp³-hybridized carbons (Fsp3) is 0.522. The molecular weight excluding hydrogens is 609 g/mol. The molecule has 8 bridgehead atoms. The van der Waals surface area contributed by atoms with E-state index in [1.807, 2.05) is 0 Å². The van der Waals surface area contributed by atoms with Crippen LogP contribution in [0.3, 0.4) is 0 Å². The lowest BCUT2D eigenvalue weighted by Gasteiger charge is -2.22. The van der Waals surface area contributed by atoms with Gasteiger partial charge < -0.3 is 9.97 Å². The van der Waals surface area contributed by atoms with Gasteiger partial charge in [-0.25, -0.2) is 9.97 Å². The Bertz CT molecular complexity index is 2000. The summed E-state index contributed by atoms with van der Waals surface area (Å²) in [4.78, 5) is 19.1. The van der Waals surface area contributed by atoms with Gasteiger partial charge in [0, 0.05) is 39.2 Å². The number of hydrogen-bond donors (Lipinski definition) is 2. The minimum Gasteiger partial charge on any atom is -0.355 e. The van der Waals surface area contributed by atoms with Gasteiger partial charge in [0.2, 0.25) is 0 Å². The number of H-pyrrole nitrogens is 2. The summed E-state index contributed by atoms with van der Waals surface area (Å²) in [6.07, 6.45) is 34.8. The molecule has 4 aliphatic carbocycles. The highest BCUT2D eigenvalue weighted by Gasteiger charge is 2.27. The lowest BCUT2D eigenvalue weighted by Crippen LogP contribution is -2.07. The average Bonchev–Trinajstić information content (AvgIpc) is 4.00. The highest BCUT2D eigenvalue weighted by atomic mass is 14.8. The first-order chi connectivity index (χ1) is 24.8. The van der Waals surface area contributed by atoms with Crippen molar-refractivity contribution < 1.29 is 0 Å². The first-order valence-corrected chi connectivity index (χ1v) is 20.5. The van der Waals surface area contributed by atoms with Crippen molar-refractivity contribution in [2.24, 2.45) is 5.92 Å². The van der Waals surface area contributed by atoms with Crippen molar-refractivity contribution in [3.05, 3.63) is 69.3 Å². The van der Waals surface area contributed by atoms with Gasteiger partial charge in [-0.05, 0) is 118 Å². The van der Waals surface area contributed by atoms with Crippen LogP contribution in [-0.4, -0.2) is 19.9 Å². The molecule has 258 valence electrons. The highest BCUT2D eigenvalue weighted by molar-refractivity contribution is 5.85. The molecule has 9 rings (SSSR count). The van der Waals surface area contributed by atoms with Gasteiger partial charge in [0.25, 0.3) is 0 Å². The van der Waals surface area contributed by atoms with Gasteiger partial charge in [-0.1, -0.05) is 88.9 Å². The van der Waals surface area contributed by atoms with E-state index in [-0.39, 0.29) is 0 Å². The summed E-state index contributed by atoms with van der Waals surface area (Å²) in [7, 11) is 0. The molecule has 2 N–H and O–H groups in total. The third-order valence-corrected chi connectivity index (χ3v) is 12.9. The number of aromatic nitrogens is 4. The first-order valence-electron chi connectivity index (χ1n) is 20.5. The minimum absolute atomic E-state index is 0.480. The third-order valence-electron chi connectivity index (χ3n) is 12.9. The monoisotopic (exact) mass is 662 g/mol. The number of rotatable bonds is 3. The quantitative estimate of drug-likeness (QED) is 0.149. The molecule has 3 aromatic rings. The molecular formula is C46H54N4.